The number of benzene rings is 2. The minimum absolute atomic E-state index is 0.210. The first-order valence-electron chi connectivity index (χ1n) is 9.87. The normalized spacial score (nSPS) is 12.2. The average Bonchev–Trinajstić information content (AvgIpc) is 2.72. The highest BCUT2D eigenvalue weighted by atomic mass is 127. The average molecular weight is 557 g/mol. The second-order valence-electron chi connectivity index (χ2n) is 7.23. The zero-order valence-electron chi connectivity index (χ0n) is 18.1. The van der Waals surface area contributed by atoms with Crippen molar-refractivity contribution in [1.29, 1.82) is 0 Å². The number of likely N-dealkylation sites (N-methyl/N-ethyl adjacent to an activating group) is 1. The van der Waals surface area contributed by atoms with E-state index in [0.717, 1.165) is 25.3 Å². The molecule has 0 saturated carbocycles. The second kappa shape index (κ2) is 10.9. The van der Waals surface area contributed by atoms with Crippen molar-refractivity contribution in [3.63, 3.8) is 0 Å². The van der Waals surface area contributed by atoms with Gasteiger partial charge in [0, 0.05) is 17.2 Å². The molecule has 0 aliphatic heterocycles. The molecular weight excluding hydrogens is 529 g/mol. The zero-order chi connectivity index (χ0) is 23.2. The maximum absolute atomic E-state index is 13.4. The van der Waals surface area contributed by atoms with Gasteiger partial charge in [-0.05, 0) is 71.3 Å². The third kappa shape index (κ3) is 6.67. The van der Waals surface area contributed by atoms with Crippen molar-refractivity contribution in [1.82, 2.24) is 10.2 Å². The van der Waals surface area contributed by atoms with Crippen LogP contribution in [0.1, 0.15) is 24.5 Å². The van der Waals surface area contributed by atoms with E-state index in [4.69, 9.17) is 0 Å². The van der Waals surface area contributed by atoms with E-state index < -0.39 is 28.5 Å². The Morgan fingerprint density at radius 1 is 1.10 bits per heavy atom. The fraction of sp³-hybridized carbons (Fsp3) is 0.364. The summed E-state index contributed by atoms with van der Waals surface area (Å²) in [6.07, 6.45) is 1.47. The number of carbonyl (C=O) groups is 2. The van der Waals surface area contributed by atoms with Gasteiger partial charge in [0.2, 0.25) is 21.8 Å². The number of sulfonamides is 1. The second-order valence-corrected chi connectivity index (χ2v) is 10.4. The van der Waals surface area contributed by atoms with Crippen LogP contribution in [-0.2, 0) is 26.2 Å². The van der Waals surface area contributed by atoms with E-state index in [-0.39, 0.29) is 12.5 Å². The predicted molar refractivity (Wildman–Crippen MR) is 131 cm³/mol. The monoisotopic (exact) mass is 557 g/mol. The molecule has 2 aromatic rings. The largest absolute Gasteiger partial charge is 0.357 e. The molecule has 0 radical (unpaired) electrons. The van der Waals surface area contributed by atoms with E-state index in [1.54, 1.807) is 24.3 Å². The molecule has 0 aliphatic carbocycles. The third-order valence-corrected chi connectivity index (χ3v) is 6.89. The Morgan fingerprint density at radius 3 is 2.23 bits per heavy atom. The lowest BCUT2D eigenvalue weighted by atomic mass is 10.1. The summed E-state index contributed by atoms with van der Waals surface area (Å²) in [4.78, 5) is 27.4. The van der Waals surface area contributed by atoms with Gasteiger partial charge in [0.15, 0.2) is 0 Å². The van der Waals surface area contributed by atoms with Crippen LogP contribution in [0.25, 0.3) is 0 Å². The molecule has 0 fully saturated rings. The molecule has 0 spiro atoms. The van der Waals surface area contributed by atoms with Crippen LogP contribution in [-0.4, -0.2) is 51.0 Å². The van der Waals surface area contributed by atoms with Gasteiger partial charge >= 0.3 is 0 Å². The zero-order valence-corrected chi connectivity index (χ0v) is 21.1. The number of nitrogens with one attached hydrogen (secondary N) is 1. The van der Waals surface area contributed by atoms with Crippen molar-refractivity contribution in [2.75, 3.05) is 24.2 Å². The Labute approximate surface area is 198 Å². The van der Waals surface area contributed by atoms with Crippen LogP contribution >= 0.6 is 22.6 Å². The molecule has 9 heteroatoms. The quantitative estimate of drug-likeness (QED) is 0.481. The molecule has 2 amide bonds. The number of carbonyl (C=O) groups excluding carboxylic acids is 2. The van der Waals surface area contributed by atoms with E-state index in [2.05, 4.69) is 27.9 Å². The number of nitrogens with zero attached hydrogens (tertiary/aromatic N) is 2. The van der Waals surface area contributed by atoms with Crippen LogP contribution in [0, 0.1) is 10.5 Å². The first kappa shape index (κ1) is 25.1. The molecule has 2 aromatic carbocycles. The number of hydrogen-bond donors (Lipinski definition) is 1. The molecule has 0 bridgehead atoms. The fourth-order valence-corrected chi connectivity index (χ4v) is 4.49. The van der Waals surface area contributed by atoms with Gasteiger partial charge in [-0.15, -0.1) is 0 Å². The lowest BCUT2D eigenvalue weighted by molar-refractivity contribution is -0.140. The van der Waals surface area contributed by atoms with E-state index >= 15 is 0 Å². The van der Waals surface area contributed by atoms with Crippen LogP contribution in [0.4, 0.5) is 5.69 Å². The van der Waals surface area contributed by atoms with E-state index in [9.17, 15) is 18.0 Å². The number of hydrogen-bond acceptors (Lipinski definition) is 4. The molecule has 31 heavy (non-hydrogen) atoms. The van der Waals surface area contributed by atoms with Crippen LogP contribution in [0.2, 0.25) is 0 Å². The maximum Gasteiger partial charge on any atom is 0.244 e. The molecule has 0 heterocycles. The lowest BCUT2D eigenvalue weighted by Gasteiger charge is -2.33. The third-order valence-electron chi connectivity index (χ3n) is 5.03. The van der Waals surface area contributed by atoms with Crippen LogP contribution < -0.4 is 9.62 Å². The summed E-state index contributed by atoms with van der Waals surface area (Å²) in [7, 11) is -2.19. The molecule has 1 N–H and O–H groups in total. The molecule has 0 saturated heterocycles. The Hall–Kier alpha value is -2.14. The van der Waals surface area contributed by atoms with E-state index in [0.29, 0.717) is 12.1 Å². The number of rotatable bonds is 9. The highest BCUT2D eigenvalue weighted by Crippen LogP contribution is 2.21. The van der Waals surface area contributed by atoms with Crippen molar-refractivity contribution in [3.05, 3.63) is 63.2 Å². The predicted octanol–water partition coefficient (Wildman–Crippen LogP) is 2.92. The van der Waals surface area contributed by atoms with E-state index in [1.807, 2.05) is 38.1 Å². The van der Waals surface area contributed by atoms with Gasteiger partial charge < -0.3 is 10.2 Å². The van der Waals surface area contributed by atoms with Gasteiger partial charge in [-0.2, -0.15) is 0 Å². The van der Waals surface area contributed by atoms with Gasteiger partial charge in [0.25, 0.3) is 0 Å². The van der Waals surface area contributed by atoms with Crippen molar-refractivity contribution in [2.24, 2.45) is 0 Å². The van der Waals surface area contributed by atoms with Crippen LogP contribution in [0.15, 0.2) is 48.5 Å². The van der Waals surface area contributed by atoms with Gasteiger partial charge in [0.1, 0.15) is 12.6 Å². The van der Waals surface area contributed by atoms with Crippen molar-refractivity contribution < 1.29 is 18.0 Å². The fourth-order valence-electron chi connectivity index (χ4n) is 3.28. The summed E-state index contributed by atoms with van der Waals surface area (Å²) in [5, 5.41) is 2.61. The molecule has 0 aromatic heterocycles. The van der Waals surface area contributed by atoms with Crippen molar-refractivity contribution in [2.45, 2.75) is 32.9 Å². The molecule has 1 unspecified atom stereocenters. The minimum Gasteiger partial charge on any atom is -0.357 e. The van der Waals surface area contributed by atoms with Gasteiger partial charge in [-0.1, -0.05) is 31.2 Å². The number of amides is 2. The van der Waals surface area contributed by atoms with Crippen LogP contribution in [0.5, 0.6) is 0 Å². The number of halogens is 1. The summed E-state index contributed by atoms with van der Waals surface area (Å²) in [6.45, 7) is 3.58. The Kier molecular flexibility index (Phi) is 8.87. The molecule has 0 aliphatic rings. The van der Waals surface area contributed by atoms with Crippen molar-refractivity contribution in [3.8, 4) is 0 Å². The van der Waals surface area contributed by atoms with E-state index in [1.165, 1.54) is 11.9 Å². The molecule has 1 atom stereocenters. The molecule has 2 rings (SSSR count). The van der Waals surface area contributed by atoms with Crippen molar-refractivity contribution >= 4 is 50.1 Å². The Bertz CT molecular complexity index is 1030. The summed E-state index contributed by atoms with van der Waals surface area (Å²) >= 11 is 2.13. The molecule has 168 valence electrons. The SMILES string of the molecule is CCC(C(=O)NC)N(Cc1ccccc1C)C(=O)CN(c1ccc(I)cc1)S(C)(=O)=O. The minimum atomic E-state index is -3.72. The topological polar surface area (TPSA) is 86.8 Å². The lowest BCUT2D eigenvalue weighted by Crippen LogP contribution is -2.51. The molecular formula is C22H28IN3O4S. The summed E-state index contributed by atoms with van der Waals surface area (Å²) in [6, 6.07) is 13.8. The maximum atomic E-state index is 13.4. The van der Waals surface area contributed by atoms with Gasteiger partial charge in [-0.25, -0.2) is 8.42 Å². The summed E-state index contributed by atoms with van der Waals surface area (Å²) < 4.78 is 27.0. The Morgan fingerprint density at radius 2 is 1.71 bits per heavy atom. The summed E-state index contributed by atoms with van der Waals surface area (Å²) in [5.41, 5.74) is 2.29. The number of anilines is 1. The first-order valence-corrected chi connectivity index (χ1v) is 12.8. The Balaban J connectivity index is 2.43. The van der Waals surface area contributed by atoms with Crippen LogP contribution in [0.3, 0.4) is 0 Å². The highest BCUT2D eigenvalue weighted by Gasteiger charge is 2.31. The summed E-state index contributed by atoms with van der Waals surface area (Å²) in [5.74, 6) is -0.729. The number of aryl methyl sites for hydroxylation is 1. The van der Waals surface area contributed by atoms with Gasteiger partial charge in [0.05, 0.1) is 11.9 Å². The van der Waals surface area contributed by atoms with Gasteiger partial charge in [-0.3, -0.25) is 13.9 Å². The smallest absolute Gasteiger partial charge is 0.244 e. The standard InChI is InChI=1S/C22H28IN3O4S/c1-5-20(22(28)24-3)25(14-17-9-7-6-8-16(17)2)21(27)15-26(31(4,29)30)19-12-10-18(23)11-13-19/h6-13,20H,5,14-15H2,1-4H3,(H,24,28). The first-order chi connectivity index (χ1) is 14.6. The highest BCUT2D eigenvalue weighted by molar-refractivity contribution is 14.1. The molecule has 7 nitrogen and oxygen atoms in total.